The minimum atomic E-state index is -3.66. The third-order valence-electron chi connectivity index (χ3n) is 4.21. The highest BCUT2D eigenvalue weighted by molar-refractivity contribution is 7.89. The highest BCUT2D eigenvalue weighted by atomic mass is 35.5. The van der Waals surface area contributed by atoms with E-state index in [2.05, 4.69) is 10.0 Å². The number of sulfonamides is 1. The fraction of sp³-hybridized carbons (Fsp3) is 0.143. The molecule has 7 heteroatoms. The van der Waals surface area contributed by atoms with Crippen LogP contribution in [-0.4, -0.2) is 22.1 Å². The van der Waals surface area contributed by atoms with E-state index in [1.165, 1.54) is 12.1 Å². The van der Waals surface area contributed by atoms with Crippen molar-refractivity contribution in [3.63, 3.8) is 0 Å². The van der Waals surface area contributed by atoms with Crippen LogP contribution in [0.2, 0.25) is 5.02 Å². The van der Waals surface area contributed by atoms with Crippen molar-refractivity contribution in [2.75, 3.05) is 19.0 Å². The van der Waals surface area contributed by atoms with Gasteiger partial charge in [0.1, 0.15) is 5.75 Å². The van der Waals surface area contributed by atoms with Crippen LogP contribution in [0.5, 0.6) is 5.75 Å². The first-order valence-electron chi connectivity index (χ1n) is 8.69. The Kier molecular flexibility index (Phi) is 6.57. The van der Waals surface area contributed by atoms with Crippen LogP contribution in [-0.2, 0) is 10.0 Å². The number of anilines is 1. The van der Waals surface area contributed by atoms with Crippen molar-refractivity contribution in [3.8, 4) is 5.75 Å². The van der Waals surface area contributed by atoms with Crippen LogP contribution in [0.15, 0.2) is 83.8 Å². The number of ether oxygens (including phenoxy) is 1. The molecule has 0 heterocycles. The van der Waals surface area contributed by atoms with E-state index in [-0.39, 0.29) is 17.5 Å². The largest absolute Gasteiger partial charge is 0.497 e. The lowest BCUT2D eigenvalue weighted by Crippen LogP contribution is -2.31. The molecular formula is C21H21ClN2O3S. The van der Waals surface area contributed by atoms with E-state index in [4.69, 9.17) is 16.3 Å². The van der Waals surface area contributed by atoms with Gasteiger partial charge < -0.3 is 10.1 Å². The van der Waals surface area contributed by atoms with Crippen LogP contribution in [0.4, 0.5) is 5.69 Å². The summed E-state index contributed by atoms with van der Waals surface area (Å²) in [6, 6.07) is 23.0. The van der Waals surface area contributed by atoms with Gasteiger partial charge in [0.2, 0.25) is 10.0 Å². The Balaban J connectivity index is 1.80. The lowest BCUT2D eigenvalue weighted by molar-refractivity contribution is 0.415. The van der Waals surface area contributed by atoms with Gasteiger partial charge in [-0.05, 0) is 42.0 Å². The zero-order valence-corrected chi connectivity index (χ0v) is 16.9. The summed E-state index contributed by atoms with van der Waals surface area (Å²) >= 11 is 5.85. The molecule has 0 fully saturated rings. The topological polar surface area (TPSA) is 67.4 Å². The molecule has 1 atom stereocenters. The average Bonchev–Trinajstić information content (AvgIpc) is 2.72. The number of rotatable bonds is 8. The first kappa shape index (κ1) is 20.2. The number of nitrogens with one attached hydrogen (secondary N) is 2. The molecule has 0 aliphatic carbocycles. The molecule has 0 bridgehead atoms. The summed E-state index contributed by atoms with van der Waals surface area (Å²) < 4.78 is 33.2. The second-order valence-corrected chi connectivity index (χ2v) is 8.35. The Hall–Kier alpha value is -2.54. The molecule has 28 heavy (non-hydrogen) atoms. The molecule has 0 saturated heterocycles. The lowest BCUT2D eigenvalue weighted by Gasteiger charge is -2.21. The van der Waals surface area contributed by atoms with Gasteiger partial charge in [0.15, 0.2) is 0 Å². The average molecular weight is 417 g/mol. The maximum Gasteiger partial charge on any atom is 0.240 e. The predicted molar refractivity (Wildman–Crippen MR) is 112 cm³/mol. The van der Waals surface area contributed by atoms with Gasteiger partial charge in [-0.15, -0.1) is 0 Å². The van der Waals surface area contributed by atoms with Gasteiger partial charge in [-0.25, -0.2) is 13.1 Å². The zero-order valence-electron chi connectivity index (χ0n) is 15.3. The summed E-state index contributed by atoms with van der Waals surface area (Å²) in [6.45, 7) is 0.173. The summed E-state index contributed by atoms with van der Waals surface area (Å²) in [7, 11) is -2.05. The molecule has 0 aliphatic heterocycles. The van der Waals surface area contributed by atoms with E-state index in [1.807, 2.05) is 54.6 Å². The number of hydrogen-bond donors (Lipinski definition) is 2. The van der Waals surface area contributed by atoms with E-state index in [1.54, 1.807) is 19.2 Å². The first-order valence-corrected chi connectivity index (χ1v) is 10.5. The van der Waals surface area contributed by atoms with E-state index in [0.29, 0.717) is 5.02 Å². The second-order valence-electron chi connectivity index (χ2n) is 6.15. The van der Waals surface area contributed by atoms with Crippen LogP contribution in [0.25, 0.3) is 0 Å². The molecule has 0 radical (unpaired) electrons. The Morgan fingerprint density at radius 3 is 2.36 bits per heavy atom. The first-order chi connectivity index (χ1) is 13.5. The van der Waals surface area contributed by atoms with Gasteiger partial charge in [-0.2, -0.15) is 0 Å². The van der Waals surface area contributed by atoms with Crippen molar-refractivity contribution in [1.29, 1.82) is 0 Å². The summed E-state index contributed by atoms with van der Waals surface area (Å²) in [6.07, 6.45) is 0. The van der Waals surface area contributed by atoms with Crippen LogP contribution >= 0.6 is 11.6 Å². The van der Waals surface area contributed by atoms with Gasteiger partial charge >= 0.3 is 0 Å². The lowest BCUT2D eigenvalue weighted by atomic mass is 10.1. The number of methoxy groups -OCH3 is 1. The van der Waals surface area contributed by atoms with Crippen LogP contribution in [0.1, 0.15) is 11.6 Å². The molecular weight excluding hydrogens is 396 g/mol. The molecule has 2 N–H and O–H groups in total. The summed E-state index contributed by atoms with van der Waals surface area (Å²) in [5.41, 5.74) is 1.79. The standard InChI is InChI=1S/C21H21ClN2O3S/c1-27-19-9-5-8-18(14-19)24-21(16-6-3-2-4-7-16)15-23-28(25,26)20-12-10-17(22)11-13-20/h2-14,21,23-24H,15H2,1H3/t21-/m0/s1. The summed E-state index contributed by atoms with van der Waals surface area (Å²) in [5, 5.41) is 3.86. The predicted octanol–water partition coefficient (Wildman–Crippen LogP) is 4.48. The maximum absolute atomic E-state index is 12.6. The van der Waals surface area contributed by atoms with Gasteiger partial charge in [-0.1, -0.05) is 48.0 Å². The van der Waals surface area contributed by atoms with E-state index < -0.39 is 10.0 Å². The summed E-state index contributed by atoms with van der Waals surface area (Å²) in [4.78, 5) is 0.171. The third kappa shape index (κ3) is 5.25. The van der Waals surface area contributed by atoms with Crippen molar-refractivity contribution in [2.24, 2.45) is 0 Å². The number of benzene rings is 3. The molecule has 3 aromatic rings. The van der Waals surface area contributed by atoms with Crippen molar-refractivity contribution < 1.29 is 13.2 Å². The minimum absolute atomic E-state index is 0.171. The van der Waals surface area contributed by atoms with Gasteiger partial charge in [0.05, 0.1) is 18.0 Å². The third-order valence-corrected chi connectivity index (χ3v) is 5.91. The molecule has 146 valence electrons. The van der Waals surface area contributed by atoms with Gasteiger partial charge in [0.25, 0.3) is 0 Å². The van der Waals surface area contributed by atoms with Crippen LogP contribution in [0, 0.1) is 0 Å². The molecule has 0 aromatic heterocycles. The summed E-state index contributed by atoms with van der Waals surface area (Å²) in [5.74, 6) is 0.721. The van der Waals surface area contributed by atoms with Gasteiger partial charge in [0, 0.05) is 23.3 Å². The molecule has 0 saturated carbocycles. The second kappa shape index (κ2) is 9.10. The van der Waals surface area contributed by atoms with Crippen molar-refractivity contribution in [3.05, 3.63) is 89.4 Å². The number of hydrogen-bond acceptors (Lipinski definition) is 4. The molecule has 0 unspecified atom stereocenters. The molecule has 3 aromatic carbocycles. The monoisotopic (exact) mass is 416 g/mol. The van der Waals surface area contributed by atoms with Crippen LogP contribution < -0.4 is 14.8 Å². The number of halogens is 1. The highest BCUT2D eigenvalue weighted by Crippen LogP contribution is 2.23. The Labute approximate surface area is 170 Å². The highest BCUT2D eigenvalue weighted by Gasteiger charge is 2.18. The van der Waals surface area contributed by atoms with E-state index >= 15 is 0 Å². The Morgan fingerprint density at radius 1 is 0.964 bits per heavy atom. The molecule has 0 spiro atoms. The smallest absolute Gasteiger partial charge is 0.240 e. The Morgan fingerprint density at radius 2 is 1.68 bits per heavy atom. The fourth-order valence-corrected chi connectivity index (χ4v) is 3.91. The van der Waals surface area contributed by atoms with Crippen LogP contribution in [0.3, 0.4) is 0 Å². The van der Waals surface area contributed by atoms with Crippen molar-refractivity contribution in [1.82, 2.24) is 4.72 Å². The molecule has 3 rings (SSSR count). The molecule has 0 amide bonds. The SMILES string of the molecule is COc1cccc(N[C@@H](CNS(=O)(=O)c2ccc(Cl)cc2)c2ccccc2)c1. The van der Waals surface area contributed by atoms with Gasteiger partial charge in [-0.3, -0.25) is 0 Å². The molecule has 5 nitrogen and oxygen atoms in total. The van der Waals surface area contributed by atoms with Crippen molar-refractivity contribution >= 4 is 27.3 Å². The zero-order chi connectivity index (χ0) is 20.0. The molecule has 0 aliphatic rings. The quantitative estimate of drug-likeness (QED) is 0.568. The van der Waals surface area contributed by atoms with E-state index in [9.17, 15) is 8.42 Å². The maximum atomic E-state index is 12.6. The van der Waals surface area contributed by atoms with Crippen molar-refractivity contribution in [2.45, 2.75) is 10.9 Å². The normalized spacial score (nSPS) is 12.4. The Bertz CT molecular complexity index is 1010. The minimum Gasteiger partial charge on any atom is -0.497 e. The van der Waals surface area contributed by atoms with E-state index in [0.717, 1.165) is 17.0 Å². The fourth-order valence-electron chi connectivity index (χ4n) is 2.74.